The van der Waals surface area contributed by atoms with Gasteiger partial charge in [0.25, 0.3) is 0 Å². The zero-order valence-corrected chi connectivity index (χ0v) is 13.6. The molecular formula is C21H18N2O2. The fraction of sp³-hybridized carbons (Fsp3) is 0.0952. The molecule has 4 nitrogen and oxygen atoms in total. The summed E-state index contributed by atoms with van der Waals surface area (Å²) >= 11 is 0. The van der Waals surface area contributed by atoms with Gasteiger partial charge in [-0.2, -0.15) is 0 Å². The van der Waals surface area contributed by atoms with E-state index in [1.165, 1.54) is 0 Å². The Balaban J connectivity index is 1.90. The molecule has 0 radical (unpaired) electrons. The third-order valence-corrected chi connectivity index (χ3v) is 4.63. The van der Waals surface area contributed by atoms with Gasteiger partial charge in [0.15, 0.2) is 0 Å². The lowest BCUT2D eigenvalue weighted by Gasteiger charge is -2.11. The van der Waals surface area contributed by atoms with Crippen LogP contribution < -0.4 is 5.73 Å². The second kappa shape index (κ2) is 6.07. The lowest BCUT2D eigenvalue weighted by Crippen LogP contribution is -2.09. The monoisotopic (exact) mass is 330 g/mol. The van der Waals surface area contributed by atoms with Crippen molar-refractivity contribution in [3.63, 3.8) is 0 Å². The Morgan fingerprint density at radius 1 is 0.960 bits per heavy atom. The molecule has 0 aliphatic rings. The van der Waals surface area contributed by atoms with Crippen LogP contribution in [0, 0.1) is 0 Å². The molecule has 0 saturated carbocycles. The Hall–Kier alpha value is -3.11. The number of carboxylic acids is 1. The van der Waals surface area contributed by atoms with Gasteiger partial charge in [-0.1, -0.05) is 48.5 Å². The number of rotatable bonds is 4. The van der Waals surface area contributed by atoms with Crippen LogP contribution in [0.4, 0.5) is 0 Å². The van der Waals surface area contributed by atoms with Crippen LogP contribution in [0.25, 0.3) is 21.7 Å². The fourth-order valence-electron chi connectivity index (χ4n) is 3.40. The molecule has 1 aromatic heterocycles. The van der Waals surface area contributed by atoms with E-state index in [1.807, 2.05) is 47.0 Å². The Labute approximate surface area is 145 Å². The van der Waals surface area contributed by atoms with E-state index in [-0.39, 0.29) is 5.69 Å². The summed E-state index contributed by atoms with van der Waals surface area (Å²) < 4.78 is 1.86. The van der Waals surface area contributed by atoms with E-state index in [2.05, 4.69) is 18.2 Å². The van der Waals surface area contributed by atoms with Crippen LogP contribution in [0.15, 0.2) is 66.7 Å². The second-order valence-electron chi connectivity index (χ2n) is 6.16. The molecule has 0 aliphatic carbocycles. The molecule has 4 heteroatoms. The maximum Gasteiger partial charge on any atom is 0.352 e. The molecule has 3 N–H and O–H groups in total. The number of hydrogen-bond acceptors (Lipinski definition) is 2. The molecule has 0 amide bonds. The van der Waals surface area contributed by atoms with Gasteiger partial charge in [0.05, 0.1) is 0 Å². The first kappa shape index (κ1) is 15.4. The van der Waals surface area contributed by atoms with Crippen LogP contribution in [0.3, 0.4) is 0 Å². The average Bonchev–Trinajstić information content (AvgIpc) is 3.00. The van der Waals surface area contributed by atoms with Crippen LogP contribution in [-0.2, 0) is 13.1 Å². The van der Waals surface area contributed by atoms with Crippen molar-refractivity contribution in [1.29, 1.82) is 0 Å². The zero-order valence-electron chi connectivity index (χ0n) is 13.6. The number of benzene rings is 3. The molecule has 1 heterocycles. The van der Waals surface area contributed by atoms with Crippen molar-refractivity contribution in [1.82, 2.24) is 4.57 Å². The third-order valence-electron chi connectivity index (χ3n) is 4.63. The van der Waals surface area contributed by atoms with Crippen LogP contribution in [0.1, 0.15) is 21.6 Å². The predicted molar refractivity (Wildman–Crippen MR) is 99.8 cm³/mol. The van der Waals surface area contributed by atoms with E-state index in [1.54, 1.807) is 6.07 Å². The number of nitrogens with zero attached hydrogens (tertiary/aromatic N) is 1. The van der Waals surface area contributed by atoms with Crippen molar-refractivity contribution in [3.05, 3.63) is 83.6 Å². The number of fused-ring (bicyclic) bond motifs is 2. The Bertz CT molecular complexity index is 1090. The van der Waals surface area contributed by atoms with E-state index in [4.69, 9.17) is 5.73 Å². The van der Waals surface area contributed by atoms with Crippen molar-refractivity contribution >= 4 is 27.6 Å². The van der Waals surface area contributed by atoms with Crippen molar-refractivity contribution < 1.29 is 9.90 Å². The number of carboxylic acid groups (broad SMARTS) is 1. The van der Waals surface area contributed by atoms with Gasteiger partial charge < -0.3 is 15.4 Å². The van der Waals surface area contributed by atoms with E-state index in [0.717, 1.165) is 32.8 Å². The molecule has 0 spiro atoms. The topological polar surface area (TPSA) is 68.2 Å². The first-order valence-electron chi connectivity index (χ1n) is 8.19. The number of aromatic nitrogens is 1. The van der Waals surface area contributed by atoms with Gasteiger partial charge in [-0.3, -0.25) is 0 Å². The minimum Gasteiger partial charge on any atom is -0.477 e. The summed E-state index contributed by atoms with van der Waals surface area (Å²) in [6.07, 6.45) is 0. The first-order chi connectivity index (χ1) is 12.2. The van der Waals surface area contributed by atoms with Crippen molar-refractivity contribution in [2.75, 3.05) is 0 Å². The van der Waals surface area contributed by atoms with Crippen molar-refractivity contribution in [2.45, 2.75) is 13.1 Å². The van der Waals surface area contributed by atoms with Gasteiger partial charge in [-0.15, -0.1) is 0 Å². The highest BCUT2D eigenvalue weighted by molar-refractivity contribution is 5.95. The lowest BCUT2D eigenvalue weighted by atomic mass is 10.0. The second-order valence-corrected chi connectivity index (χ2v) is 6.16. The molecular weight excluding hydrogens is 312 g/mol. The summed E-state index contributed by atoms with van der Waals surface area (Å²) in [4.78, 5) is 11.8. The molecule has 0 fully saturated rings. The van der Waals surface area contributed by atoms with Gasteiger partial charge in [0.1, 0.15) is 5.69 Å². The van der Waals surface area contributed by atoms with Crippen LogP contribution in [0.5, 0.6) is 0 Å². The largest absolute Gasteiger partial charge is 0.477 e. The molecule has 4 aromatic rings. The van der Waals surface area contributed by atoms with Crippen molar-refractivity contribution in [3.8, 4) is 0 Å². The summed E-state index contributed by atoms with van der Waals surface area (Å²) in [6, 6.07) is 21.9. The lowest BCUT2D eigenvalue weighted by molar-refractivity contribution is 0.0686. The third kappa shape index (κ3) is 2.66. The Morgan fingerprint density at radius 3 is 2.56 bits per heavy atom. The number of carbonyl (C=O) groups is 1. The maximum atomic E-state index is 11.8. The van der Waals surface area contributed by atoms with Gasteiger partial charge in [-0.05, 0) is 40.1 Å². The van der Waals surface area contributed by atoms with Gasteiger partial charge >= 0.3 is 5.97 Å². The maximum absolute atomic E-state index is 11.8. The van der Waals surface area contributed by atoms with Crippen molar-refractivity contribution in [2.24, 2.45) is 5.73 Å². The molecule has 0 atom stereocenters. The van der Waals surface area contributed by atoms with E-state index >= 15 is 0 Å². The highest BCUT2D eigenvalue weighted by Crippen LogP contribution is 2.25. The molecule has 4 rings (SSSR count). The molecule has 0 aliphatic heterocycles. The van der Waals surface area contributed by atoms with Gasteiger partial charge in [-0.25, -0.2) is 4.79 Å². The Morgan fingerprint density at radius 2 is 1.76 bits per heavy atom. The van der Waals surface area contributed by atoms with E-state index in [9.17, 15) is 9.90 Å². The van der Waals surface area contributed by atoms with E-state index in [0.29, 0.717) is 13.1 Å². The zero-order chi connectivity index (χ0) is 17.4. The molecule has 25 heavy (non-hydrogen) atoms. The number of aromatic carboxylic acids is 1. The SMILES string of the molecule is NCc1ccc2c(c1)cc(C(=O)O)n2Cc1cccc2ccccc12. The number of nitrogens with two attached hydrogens (primary N) is 1. The molecule has 0 unspecified atom stereocenters. The summed E-state index contributed by atoms with van der Waals surface area (Å²) in [5.74, 6) is -0.925. The fourth-order valence-corrected chi connectivity index (χ4v) is 3.40. The number of hydrogen-bond donors (Lipinski definition) is 2. The highest BCUT2D eigenvalue weighted by atomic mass is 16.4. The minimum absolute atomic E-state index is 0.289. The van der Waals surface area contributed by atoms with Crippen LogP contribution >= 0.6 is 0 Å². The van der Waals surface area contributed by atoms with Gasteiger partial charge in [0, 0.05) is 24.0 Å². The molecule has 0 bridgehead atoms. The van der Waals surface area contributed by atoms with E-state index < -0.39 is 5.97 Å². The molecule has 0 saturated heterocycles. The summed E-state index contributed by atoms with van der Waals surface area (Å²) in [6.45, 7) is 0.946. The highest BCUT2D eigenvalue weighted by Gasteiger charge is 2.16. The van der Waals surface area contributed by atoms with Gasteiger partial charge in [0.2, 0.25) is 0 Å². The molecule has 3 aromatic carbocycles. The van der Waals surface area contributed by atoms with Crippen LogP contribution in [0.2, 0.25) is 0 Å². The minimum atomic E-state index is -0.925. The quantitative estimate of drug-likeness (QED) is 0.594. The standard InChI is InChI=1S/C21H18N2O2/c22-12-14-8-9-19-17(10-14)11-20(21(24)25)23(19)13-16-6-3-5-15-4-1-2-7-18(15)16/h1-11H,12-13,22H2,(H,24,25). The Kier molecular flexibility index (Phi) is 3.75. The normalized spacial score (nSPS) is 11.2. The first-order valence-corrected chi connectivity index (χ1v) is 8.19. The summed E-state index contributed by atoms with van der Waals surface area (Å²) in [7, 11) is 0. The predicted octanol–water partition coefficient (Wildman–Crippen LogP) is 4.00. The average molecular weight is 330 g/mol. The smallest absolute Gasteiger partial charge is 0.352 e. The molecule has 124 valence electrons. The summed E-state index contributed by atoms with van der Waals surface area (Å²) in [5, 5.41) is 12.8. The summed E-state index contributed by atoms with van der Waals surface area (Å²) in [5.41, 5.74) is 8.99. The van der Waals surface area contributed by atoms with Crippen LogP contribution in [-0.4, -0.2) is 15.6 Å².